The lowest BCUT2D eigenvalue weighted by Crippen LogP contribution is -2.22. The SMILES string of the molecule is Cc1cc(C)c(-c2nnc(NC(=O)[C@H](C)Sc3nncn3C)s2)c(C)c1. The van der Waals surface area contributed by atoms with E-state index in [1.165, 1.54) is 28.7 Å². The number of nitrogens with zero attached hydrogens (tertiary/aromatic N) is 5. The summed E-state index contributed by atoms with van der Waals surface area (Å²) in [7, 11) is 1.84. The Morgan fingerprint density at radius 1 is 1.19 bits per heavy atom. The van der Waals surface area contributed by atoms with Gasteiger partial charge in [-0.2, -0.15) is 0 Å². The molecule has 26 heavy (non-hydrogen) atoms. The molecule has 0 aliphatic heterocycles. The highest BCUT2D eigenvalue weighted by molar-refractivity contribution is 8.00. The van der Waals surface area contributed by atoms with Gasteiger partial charge >= 0.3 is 0 Å². The summed E-state index contributed by atoms with van der Waals surface area (Å²) in [6.07, 6.45) is 1.61. The zero-order valence-electron chi connectivity index (χ0n) is 15.3. The molecule has 0 aliphatic rings. The van der Waals surface area contributed by atoms with E-state index in [2.05, 4.69) is 58.6 Å². The van der Waals surface area contributed by atoms with Crippen molar-refractivity contribution < 1.29 is 4.79 Å². The molecule has 0 fully saturated rings. The minimum atomic E-state index is -0.326. The van der Waals surface area contributed by atoms with Gasteiger partial charge in [0.05, 0.1) is 5.25 Å². The molecule has 0 spiro atoms. The molecular weight excluding hydrogens is 368 g/mol. The smallest absolute Gasteiger partial charge is 0.239 e. The molecule has 3 rings (SSSR count). The van der Waals surface area contributed by atoms with Crippen LogP contribution in [0.5, 0.6) is 0 Å². The van der Waals surface area contributed by atoms with Gasteiger partial charge in [-0.1, -0.05) is 40.8 Å². The van der Waals surface area contributed by atoms with Crippen molar-refractivity contribution in [1.82, 2.24) is 25.0 Å². The number of thioether (sulfide) groups is 1. The lowest BCUT2D eigenvalue weighted by molar-refractivity contribution is -0.115. The summed E-state index contributed by atoms with van der Waals surface area (Å²) < 4.78 is 1.78. The summed E-state index contributed by atoms with van der Waals surface area (Å²) in [6, 6.07) is 4.25. The van der Waals surface area contributed by atoms with E-state index >= 15 is 0 Å². The first-order valence-electron chi connectivity index (χ1n) is 8.08. The predicted molar refractivity (Wildman–Crippen MR) is 105 cm³/mol. The Balaban J connectivity index is 1.72. The minimum absolute atomic E-state index is 0.141. The van der Waals surface area contributed by atoms with Crippen LogP contribution in [-0.4, -0.2) is 36.1 Å². The maximum absolute atomic E-state index is 12.4. The molecule has 136 valence electrons. The highest BCUT2D eigenvalue weighted by Crippen LogP contribution is 2.32. The summed E-state index contributed by atoms with van der Waals surface area (Å²) >= 11 is 2.73. The summed E-state index contributed by atoms with van der Waals surface area (Å²) in [6.45, 7) is 8.03. The van der Waals surface area contributed by atoms with E-state index in [0.29, 0.717) is 10.3 Å². The first kappa shape index (κ1) is 18.5. The summed E-state index contributed by atoms with van der Waals surface area (Å²) in [5.74, 6) is -0.141. The molecule has 0 saturated heterocycles. The van der Waals surface area contributed by atoms with Gasteiger partial charge in [-0.15, -0.1) is 20.4 Å². The van der Waals surface area contributed by atoms with Crippen LogP contribution in [0.3, 0.4) is 0 Å². The third-order valence-corrected chi connectivity index (χ3v) is 5.87. The highest BCUT2D eigenvalue weighted by Gasteiger charge is 2.19. The number of rotatable bonds is 5. The topological polar surface area (TPSA) is 85.6 Å². The molecule has 1 aromatic carbocycles. The van der Waals surface area contributed by atoms with Gasteiger partial charge in [0, 0.05) is 12.6 Å². The number of aromatic nitrogens is 5. The number of benzene rings is 1. The summed E-state index contributed by atoms with van der Waals surface area (Å²) in [5, 5.41) is 20.7. The van der Waals surface area contributed by atoms with Crippen molar-refractivity contribution in [2.45, 2.75) is 38.1 Å². The quantitative estimate of drug-likeness (QED) is 0.675. The van der Waals surface area contributed by atoms with Crippen molar-refractivity contribution in [3.8, 4) is 10.6 Å². The predicted octanol–water partition coefficient (Wildman–Crippen LogP) is 3.38. The molecule has 9 heteroatoms. The molecule has 7 nitrogen and oxygen atoms in total. The standard InChI is InChI=1S/C17H20N6OS2/c1-9-6-10(2)13(11(3)7-9)15-20-21-16(26-15)19-14(24)12(4)25-17-22-18-8-23(17)5/h6-8,12H,1-5H3,(H,19,21,24)/t12-/m0/s1. The molecule has 3 aromatic rings. The molecular formula is C17H20N6OS2. The van der Waals surface area contributed by atoms with E-state index in [4.69, 9.17) is 0 Å². The normalized spacial score (nSPS) is 12.2. The van der Waals surface area contributed by atoms with Crippen molar-refractivity contribution in [3.05, 3.63) is 35.2 Å². The molecule has 1 N–H and O–H groups in total. The number of anilines is 1. The zero-order chi connectivity index (χ0) is 18.8. The fraction of sp³-hybridized carbons (Fsp3) is 0.353. The van der Waals surface area contributed by atoms with Crippen molar-refractivity contribution in [1.29, 1.82) is 0 Å². The average Bonchev–Trinajstić information content (AvgIpc) is 3.16. The Labute approximate surface area is 160 Å². The van der Waals surface area contributed by atoms with Crippen LogP contribution in [0.4, 0.5) is 5.13 Å². The third-order valence-electron chi connectivity index (χ3n) is 3.87. The van der Waals surface area contributed by atoms with Crippen LogP contribution < -0.4 is 5.32 Å². The number of nitrogens with one attached hydrogen (secondary N) is 1. The number of aryl methyl sites for hydroxylation is 4. The lowest BCUT2D eigenvalue weighted by Gasteiger charge is -2.09. The van der Waals surface area contributed by atoms with Gasteiger partial charge < -0.3 is 4.57 Å². The molecule has 1 atom stereocenters. The maximum atomic E-state index is 12.4. The Bertz CT molecular complexity index is 925. The van der Waals surface area contributed by atoms with E-state index in [1.54, 1.807) is 10.9 Å². The average molecular weight is 389 g/mol. The van der Waals surface area contributed by atoms with E-state index in [0.717, 1.165) is 21.7 Å². The molecule has 0 radical (unpaired) electrons. The fourth-order valence-electron chi connectivity index (χ4n) is 2.69. The Morgan fingerprint density at radius 2 is 1.88 bits per heavy atom. The first-order chi connectivity index (χ1) is 12.3. The van der Waals surface area contributed by atoms with Gasteiger partial charge in [-0.3, -0.25) is 10.1 Å². The number of carbonyl (C=O) groups excluding carboxylic acids is 1. The van der Waals surface area contributed by atoms with Crippen molar-refractivity contribution >= 4 is 34.1 Å². The summed E-state index contributed by atoms with van der Waals surface area (Å²) in [5.41, 5.74) is 4.61. The first-order valence-corrected chi connectivity index (χ1v) is 9.78. The highest BCUT2D eigenvalue weighted by atomic mass is 32.2. The Kier molecular flexibility index (Phi) is 5.38. The number of hydrogen-bond acceptors (Lipinski definition) is 7. The van der Waals surface area contributed by atoms with Crippen LogP contribution in [0.15, 0.2) is 23.6 Å². The number of hydrogen-bond donors (Lipinski definition) is 1. The molecule has 1 amide bonds. The van der Waals surface area contributed by atoms with Gasteiger partial charge in [0.1, 0.15) is 11.3 Å². The summed E-state index contributed by atoms with van der Waals surface area (Å²) in [4.78, 5) is 12.4. The molecule has 2 heterocycles. The zero-order valence-corrected chi connectivity index (χ0v) is 16.9. The van der Waals surface area contributed by atoms with E-state index < -0.39 is 0 Å². The number of amides is 1. The lowest BCUT2D eigenvalue weighted by atomic mass is 10.0. The molecule has 0 aliphatic carbocycles. The fourth-order valence-corrected chi connectivity index (χ4v) is 4.40. The third kappa shape index (κ3) is 3.94. The molecule has 2 aromatic heterocycles. The van der Waals surface area contributed by atoms with Gasteiger partial charge in [-0.05, 0) is 38.8 Å². The van der Waals surface area contributed by atoms with Crippen molar-refractivity contribution in [2.24, 2.45) is 7.05 Å². The van der Waals surface area contributed by atoms with Crippen molar-refractivity contribution in [3.63, 3.8) is 0 Å². The van der Waals surface area contributed by atoms with Crippen LogP contribution in [0, 0.1) is 20.8 Å². The van der Waals surface area contributed by atoms with Gasteiger partial charge in [0.15, 0.2) is 5.16 Å². The second-order valence-corrected chi connectivity index (χ2v) is 8.45. The monoisotopic (exact) mass is 388 g/mol. The molecule has 0 saturated carbocycles. The van der Waals surface area contributed by atoms with Crippen LogP contribution in [0.25, 0.3) is 10.6 Å². The Morgan fingerprint density at radius 3 is 2.50 bits per heavy atom. The van der Waals surface area contributed by atoms with Crippen LogP contribution in [-0.2, 0) is 11.8 Å². The van der Waals surface area contributed by atoms with Gasteiger partial charge in [0.25, 0.3) is 0 Å². The van der Waals surface area contributed by atoms with E-state index in [1.807, 2.05) is 14.0 Å². The van der Waals surface area contributed by atoms with Crippen LogP contribution in [0.2, 0.25) is 0 Å². The van der Waals surface area contributed by atoms with Crippen LogP contribution in [0.1, 0.15) is 23.6 Å². The van der Waals surface area contributed by atoms with E-state index in [-0.39, 0.29) is 11.2 Å². The van der Waals surface area contributed by atoms with Gasteiger partial charge in [0.2, 0.25) is 11.0 Å². The number of carbonyl (C=O) groups is 1. The van der Waals surface area contributed by atoms with E-state index in [9.17, 15) is 4.79 Å². The molecule has 0 unspecified atom stereocenters. The largest absolute Gasteiger partial charge is 0.312 e. The van der Waals surface area contributed by atoms with Crippen LogP contribution >= 0.6 is 23.1 Å². The second kappa shape index (κ2) is 7.55. The van der Waals surface area contributed by atoms with Gasteiger partial charge in [-0.25, -0.2) is 0 Å². The maximum Gasteiger partial charge on any atom is 0.239 e. The minimum Gasteiger partial charge on any atom is -0.312 e. The Hall–Kier alpha value is -2.26. The second-order valence-electron chi connectivity index (χ2n) is 6.16. The van der Waals surface area contributed by atoms with Crippen molar-refractivity contribution in [2.75, 3.05) is 5.32 Å². The molecule has 0 bridgehead atoms.